The van der Waals surface area contributed by atoms with E-state index in [4.69, 9.17) is 14.2 Å². The van der Waals surface area contributed by atoms with Gasteiger partial charge in [-0.05, 0) is 54.8 Å². The number of benzene rings is 4. The molecule has 0 fully saturated rings. The predicted octanol–water partition coefficient (Wildman–Crippen LogP) is 3.99. The Bertz CT molecular complexity index is 1710. The summed E-state index contributed by atoms with van der Waals surface area (Å²) in [6.07, 6.45) is 0.232. The molecule has 202 valence electrons. The molecule has 3 aliphatic heterocycles. The van der Waals surface area contributed by atoms with Crippen LogP contribution in [0.15, 0.2) is 66.7 Å². The minimum atomic E-state index is -2.64. The van der Waals surface area contributed by atoms with Gasteiger partial charge in [0.25, 0.3) is 0 Å². The molecular formula is C30H22O10. The summed E-state index contributed by atoms with van der Waals surface area (Å²) >= 11 is 0. The van der Waals surface area contributed by atoms with Crippen molar-refractivity contribution in [2.24, 2.45) is 0 Å². The third-order valence-corrected chi connectivity index (χ3v) is 7.72. The van der Waals surface area contributed by atoms with Crippen molar-refractivity contribution in [1.29, 1.82) is 0 Å². The lowest BCUT2D eigenvalue weighted by molar-refractivity contribution is -0.218. The number of ether oxygens (including phenoxy) is 3. The van der Waals surface area contributed by atoms with Gasteiger partial charge in [0, 0.05) is 29.3 Å². The number of hydrogen-bond acceptors (Lipinski definition) is 10. The highest BCUT2D eigenvalue weighted by molar-refractivity contribution is 6.10. The first-order chi connectivity index (χ1) is 19.1. The number of rotatable bonds is 2. The van der Waals surface area contributed by atoms with Crippen molar-refractivity contribution in [3.63, 3.8) is 0 Å². The molecule has 4 aromatic rings. The fourth-order valence-corrected chi connectivity index (χ4v) is 5.85. The van der Waals surface area contributed by atoms with Crippen molar-refractivity contribution >= 4 is 5.78 Å². The van der Waals surface area contributed by atoms with E-state index in [0.717, 1.165) is 17.7 Å². The number of aromatic hydroxyl groups is 5. The van der Waals surface area contributed by atoms with Gasteiger partial charge in [-0.25, -0.2) is 0 Å². The van der Waals surface area contributed by atoms with Gasteiger partial charge in [-0.15, -0.1) is 0 Å². The minimum Gasteiger partial charge on any atom is -0.508 e. The maximum atomic E-state index is 14.3. The molecule has 10 heteroatoms. The zero-order valence-corrected chi connectivity index (χ0v) is 20.7. The molecule has 0 radical (unpaired) electrons. The molecule has 0 amide bonds. The van der Waals surface area contributed by atoms with E-state index < -0.39 is 29.0 Å². The van der Waals surface area contributed by atoms with E-state index in [2.05, 4.69) is 0 Å². The Morgan fingerprint density at radius 2 is 1.40 bits per heavy atom. The van der Waals surface area contributed by atoms with Crippen LogP contribution >= 0.6 is 0 Å². The van der Waals surface area contributed by atoms with Crippen molar-refractivity contribution in [3.8, 4) is 46.0 Å². The van der Waals surface area contributed by atoms with Gasteiger partial charge in [0.15, 0.2) is 0 Å². The summed E-state index contributed by atoms with van der Waals surface area (Å²) in [5, 5.41) is 63.9. The molecule has 0 unspecified atom stereocenters. The van der Waals surface area contributed by atoms with E-state index in [9.17, 15) is 35.4 Å². The van der Waals surface area contributed by atoms with Gasteiger partial charge in [0.2, 0.25) is 11.4 Å². The summed E-state index contributed by atoms with van der Waals surface area (Å²) in [6.45, 7) is 0. The molecule has 0 aromatic heterocycles. The largest absolute Gasteiger partial charge is 0.508 e. The SMILES string of the molecule is O=C1c2c(O)cc(O)cc2O[C@@]2(c3ccc(O)cc3)Oc3cc(O)c4c(c3[C@@]12O)O[C@@H](c1ccc(O)cc1)CC4. The first-order valence-corrected chi connectivity index (χ1v) is 12.5. The van der Waals surface area contributed by atoms with Crippen molar-refractivity contribution < 1.29 is 49.6 Å². The summed E-state index contributed by atoms with van der Waals surface area (Å²) in [7, 11) is 0. The maximum Gasteiger partial charge on any atom is 0.319 e. The Morgan fingerprint density at radius 1 is 0.750 bits per heavy atom. The van der Waals surface area contributed by atoms with Crippen LogP contribution in [0.5, 0.6) is 46.0 Å². The molecule has 0 saturated heterocycles. The monoisotopic (exact) mass is 542 g/mol. The minimum absolute atomic E-state index is 0.0288. The predicted molar refractivity (Wildman–Crippen MR) is 137 cm³/mol. The number of hydrogen-bond donors (Lipinski definition) is 6. The molecule has 0 aliphatic carbocycles. The third-order valence-electron chi connectivity index (χ3n) is 7.72. The fraction of sp³-hybridized carbons (Fsp3) is 0.167. The third kappa shape index (κ3) is 3.04. The molecule has 0 bridgehead atoms. The van der Waals surface area contributed by atoms with Crippen molar-refractivity contribution in [3.05, 3.63) is 94.5 Å². The van der Waals surface area contributed by atoms with E-state index in [0.29, 0.717) is 18.4 Å². The average Bonchev–Trinajstić information content (AvgIpc) is 3.18. The van der Waals surface area contributed by atoms with Crippen molar-refractivity contribution in [2.75, 3.05) is 0 Å². The van der Waals surface area contributed by atoms with Crippen LogP contribution in [0, 0.1) is 0 Å². The highest BCUT2D eigenvalue weighted by atomic mass is 16.7. The van der Waals surface area contributed by atoms with Crippen molar-refractivity contribution in [1.82, 2.24) is 0 Å². The smallest absolute Gasteiger partial charge is 0.319 e. The molecule has 3 aliphatic rings. The van der Waals surface area contributed by atoms with Gasteiger partial charge in [0.1, 0.15) is 57.7 Å². The van der Waals surface area contributed by atoms with Gasteiger partial charge in [-0.2, -0.15) is 0 Å². The molecule has 40 heavy (non-hydrogen) atoms. The molecule has 4 aromatic carbocycles. The molecule has 3 heterocycles. The molecule has 0 saturated carbocycles. The number of phenols is 5. The van der Waals surface area contributed by atoms with E-state index in [1.54, 1.807) is 12.1 Å². The average molecular weight is 542 g/mol. The summed E-state index contributed by atoms with van der Waals surface area (Å²) in [5.74, 6) is -4.77. The molecule has 0 spiro atoms. The topological polar surface area (TPSA) is 166 Å². The maximum absolute atomic E-state index is 14.3. The standard InChI is InChI=1S/C30H22O10/c31-16-5-1-14(2-6-16)22-10-9-19-20(34)13-24-26(27(19)38-22)29(37)28(36)25-21(35)11-18(33)12-23(25)39-30(29,40-24)15-3-7-17(32)8-4-15/h1-8,11-13,22,31-35,37H,9-10H2/t22-,29-,30+/m1/s1. The van der Waals surface area contributed by atoms with Gasteiger partial charge in [-0.1, -0.05) is 12.1 Å². The number of ketones is 1. The Balaban J connectivity index is 1.48. The van der Waals surface area contributed by atoms with Crippen LogP contribution in [0.1, 0.15) is 45.1 Å². The van der Waals surface area contributed by atoms with Crippen LogP contribution in [0.25, 0.3) is 0 Å². The summed E-state index contributed by atoms with van der Waals surface area (Å²) in [4.78, 5) is 14.3. The normalized spacial score (nSPS) is 24.0. The number of fused-ring (bicyclic) bond motifs is 6. The number of Topliss-reactive ketones (excluding diaryl/α,β-unsaturated/α-hetero) is 1. The number of aliphatic hydroxyl groups is 1. The first-order valence-electron chi connectivity index (χ1n) is 12.5. The zero-order chi connectivity index (χ0) is 28.0. The quantitative estimate of drug-likeness (QED) is 0.218. The summed E-state index contributed by atoms with van der Waals surface area (Å²) in [6, 6.07) is 15.2. The van der Waals surface area contributed by atoms with Gasteiger partial charge >= 0.3 is 5.79 Å². The van der Waals surface area contributed by atoms with Crippen LogP contribution in [0.2, 0.25) is 0 Å². The number of carbonyl (C=O) groups is 1. The molecular weight excluding hydrogens is 520 g/mol. The van der Waals surface area contributed by atoms with E-state index in [1.807, 2.05) is 0 Å². The Morgan fingerprint density at radius 3 is 2.10 bits per heavy atom. The molecule has 6 N–H and O–H groups in total. The van der Waals surface area contributed by atoms with Gasteiger partial charge < -0.3 is 44.8 Å². The van der Waals surface area contributed by atoms with Crippen molar-refractivity contribution in [2.45, 2.75) is 30.3 Å². The molecule has 7 rings (SSSR count). The first kappa shape index (κ1) is 24.0. The second-order valence-electron chi connectivity index (χ2n) is 10.1. The van der Waals surface area contributed by atoms with Crippen LogP contribution in [0.3, 0.4) is 0 Å². The Hall–Kier alpha value is -5.09. The lowest BCUT2D eigenvalue weighted by atomic mass is 9.74. The second kappa shape index (κ2) is 7.96. The van der Waals surface area contributed by atoms with Crippen LogP contribution in [-0.2, 0) is 17.8 Å². The van der Waals surface area contributed by atoms with Crippen LogP contribution < -0.4 is 14.2 Å². The highest BCUT2D eigenvalue weighted by Crippen LogP contribution is 2.64. The summed E-state index contributed by atoms with van der Waals surface area (Å²) < 4.78 is 18.8. The Kier molecular flexibility index (Phi) is 4.78. The Labute approximate surface area is 226 Å². The molecule has 10 nitrogen and oxygen atoms in total. The number of carbonyl (C=O) groups excluding carboxylic acids is 1. The summed E-state index contributed by atoms with van der Waals surface area (Å²) in [5.41, 5.74) is -1.92. The van der Waals surface area contributed by atoms with Gasteiger partial charge in [-0.3, -0.25) is 4.79 Å². The van der Waals surface area contributed by atoms with Gasteiger partial charge in [0.05, 0.1) is 5.56 Å². The second-order valence-corrected chi connectivity index (χ2v) is 10.1. The van der Waals surface area contributed by atoms with E-state index >= 15 is 0 Å². The lowest BCUT2D eigenvalue weighted by Crippen LogP contribution is -2.60. The lowest BCUT2D eigenvalue weighted by Gasteiger charge is -2.43. The number of phenolic OH excluding ortho intramolecular Hbond substituents is 5. The zero-order valence-electron chi connectivity index (χ0n) is 20.7. The van der Waals surface area contributed by atoms with E-state index in [-0.39, 0.29) is 56.9 Å². The van der Waals surface area contributed by atoms with E-state index in [1.165, 1.54) is 42.5 Å². The van der Waals surface area contributed by atoms with Crippen LogP contribution in [0.4, 0.5) is 0 Å². The molecule has 3 atom stereocenters. The van der Waals surface area contributed by atoms with Crippen LogP contribution in [-0.4, -0.2) is 36.4 Å². The highest BCUT2D eigenvalue weighted by Gasteiger charge is 2.72. The fourth-order valence-electron chi connectivity index (χ4n) is 5.85.